The smallest absolute Gasteiger partial charge is 0.146 e. The number of ether oxygens (including phenoxy) is 1. The van der Waals surface area contributed by atoms with Gasteiger partial charge in [-0.2, -0.15) is 0 Å². The molecule has 0 saturated carbocycles. The minimum Gasteiger partial charge on any atom is -0.455 e. The van der Waals surface area contributed by atoms with Crippen LogP contribution in [-0.4, -0.2) is 5.11 Å². The van der Waals surface area contributed by atoms with Crippen molar-refractivity contribution in [3.8, 4) is 11.5 Å². The van der Waals surface area contributed by atoms with Gasteiger partial charge in [-0.1, -0.05) is 23.7 Å². The molecule has 0 spiro atoms. The van der Waals surface area contributed by atoms with Gasteiger partial charge in [-0.05, 0) is 37.3 Å². The van der Waals surface area contributed by atoms with Gasteiger partial charge in [0.15, 0.2) is 0 Å². The Morgan fingerprint density at radius 1 is 1.17 bits per heavy atom. The van der Waals surface area contributed by atoms with E-state index in [1.807, 2.05) is 0 Å². The number of halogens is 2. The predicted octanol–water partition coefficient (Wildman–Crippen LogP) is 4.32. The van der Waals surface area contributed by atoms with E-state index in [1.165, 1.54) is 18.2 Å². The lowest BCUT2D eigenvalue weighted by atomic mass is 10.1. The van der Waals surface area contributed by atoms with Gasteiger partial charge in [0, 0.05) is 5.56 Å². The highest BCUT2D eigenvalue weighted by atomic mass is 35.5. The number of aliphatic hydroxyl groups is 1. The number of aliphatic hydroxyl groups excluding tert-OH is 1. The van der Waals surface area contributed by atoms with Crippen LogP contribution in [0.15, 0.2) is 42.5 Å². The topological polar surface area (TPSA) is 29.5 Å². The minimum atomic E-state index is -0.821. The number of rotatable bonds is 3. The van der Waals surface area contributed by atoms with Gasteiger partial charge in [-0.3, -0.25) is 0 Å². The molecular formula is C14H12ClFO2. The van der Waals surface area contributed by atoms with E-state index in [1.54, 1.807) is 31.2 Å². The van der Waals surface area contributed by atoms with E-state index in [2.05, 4.69) is 0 Å². The van der Waals surface area contributed by atoms with Gasteiger partial charge in [0.05, 0.1) is 11.1 Å². The van der Waals surface area contributed by atoms with Crippen LogP contribution in [0.5, 0.6) is 11.5 Å². The van der Waals surface area contributed by atoms with Crippen molar-refractivity contribution < 1.29 is 14.2 Å². The molecule has 1 N–H and O–H groups in total. The number of hydrogen-bond acceptors (Lipinski definition) is 2. The van der Waals surface area contributed by atoms with Crippen LogP contribution in [0.25, 0.3) is 0 Å². The van der Waals surface area contributed by atoms with E-state index in [-0.39, 0.29) is 0 Å². The third-order valence-electron chi connectivity index (χ3n) is 2.48. The summed E-state index contributed by atoms with van der Waals surface area (Å²) < 4.78 is 18.7. The first-order valence-electron chi connectivity index (χ1n) is 5.48. The van der Waals surface area contributed by atoms with Crippen LogP contribution in [0.1, 0.15) is 18.6 Å². The predicted molar refractivity (Wildman–Crippen MR) is 68.6 cm³/mol. The molecule has 0 bridgehead atoms. The zero-order valence-corrected chi connectivity index (χ0v) is 10.5. The molecule has 0 saturated heterocycles. The fourth-order valence-corrected chi connectivity index (χ4v) is 1.76. The Labute approximate surface area is 110 Å². The van der Waals surface area contributed by atoms with Gasteiger partial charge in [0.1, 0.15) is 17.3 Å². The van der Waals surface area contributed by atoms with Gasteiger partial charge in [0.25, 0.3) is 0 Å². The van der Waals surface area contributed by atoms with E-state index < -0.39 is 11.9 Å². The normalized spacial score (nSPS) is 12.2. The second-order valence-electron chi connectivity index (χ2n) is 3.89. The van der Waals surface area contributed by atoms with Crippen molar-refractivity contribution in [2.24, 2.45) is 0 Å². The highest BCUT2D eigenvalue weighted by molar-refractivity contribution is 6.32. The molecule has 0 heterocycles. The maximum atomic E-state index is 13.1. The lowest BCUT2D eigenvalue weighted by Crippen LogP contribution is -1.97. The average Bonchev–Trinajstić information content (AvgIpc) is 2.34. The van der Waals surface area contributed by atoms with Crippen molar-refractivity contribution in [2.45, 2.75) is 13.0 Å². The molecule has 2 nitrogen and oxygen atoms in total. The van der Waals surface area contributed by atoms with Crippen LogP contribution in [0.2, 0.25) is 5.02 Å². The molecule has 0 aliphatic carbocycles. The maximum Gasteiger partial charge on any atom is 0.146 e. The van der Waals surface area contributed by atoms with Crippen LogP contribution < -0.4 is 4.74 Å². The average molecular weight is 267 g/mol. The summed E-state index contributed by atoms with van der Waals surface area (Å²) >= 11 is 5.98. The molecule has 1 unspecified atom stereocenters. The SMILES string of the molecule is CC(O)c1cc(F)ccc1Oc1ccccc1Cl. The molecule has 0 amide bonds. The van der Waals surface area contributed by atoms with Gasteiger partial charge in [0.2, 0.25) is 0 Å². The molecule has 1 atom stereocenters. The minimum absolute atomic E-state index is 0.384. The second kappa shape index (κ2) is 5.38. The molecule has 0 aliphatic rings. The Morgan fingerprint density at radius 2 is 1.89 bits per heavy atom. The number of benzene rings is 2. The lowest BCUT2D eigenvalue weighted by molar-refractivity contribution is 0.195. The van der Waals surface area contributed by atoms with Gasteiger partial charge in [-0.25, -0.2) is 4.39 Å². The first-order chi connectivity index (χ1) is 8.58. The van der Waals surface area contributed by atoms with Gasteiger partial charge in [-0.15, -0.1) is 0 Å². The highest BCUT2D eigenvalue weighted by Crippen LogP contribution is 2.33. The Bertz CT molecular complexity index is 555. The molecule has 2 rings (SSSR count). The Balaban J connectivity index is 2.37. The molecule has 0 aliphatic heterocycles. The first kappa shape index (κ1) is 12.9. The van der Waals surface area contributed by atoms with Crippen molar-refractivity contribution in [3.05, 3.63) is 58.9 Å². The van der Waals surface area contributed by atoms with E-state index in [0.29, 0.717) is 22.1 Å². The molecule has 18 heavy (non-hydrogen) atoms. The number of hydrogen-bond donors (Lipinski definition) is 1. The molecular weight excluding hydrogens is 255 g/mol. The van der Waals surface area contributed by atoms with E-state index in [9.17, 15) is 9.50 Å². The Morgan fingerprint density at radius 3 is 2.56 bits per heavy atom. The van der Waals surface area contributed by atoms with Crippen LogP contribution in [0, 0.1) is 5.82 Å². The zero-order valence-electron chi connectivity index (χ0n) is 9.73. The summed E-state index contributed by atoms with van der Waals surface area (Å²) in [6.45, 7) is 1.55. The van der Waals surface area contributed by atoms with Crippen LogP contribution in [0.4, 0.5) is 4.39 Å². The van der Waals surface area contributed by atoms with Crippen LogP contribution >= 0.6 is 11.6 Å². The second-order valence-corrected chi connectivity index (χ2v) is 4.30. The largest absolute Gasteiger partial charge is 0.455 e. The Kier molecular flexibility index (Phi) is 3.84. The van der Waals surface area contributed by atoms with Crippen molar-refractivity contribution >= 4 is 11.6 Å². The van der Waals surface area contributed by atoms with Crippen molar-refractivity contribution in [3.63, 3.8) is 0 Å². The zero-order chi connectivity index (χ0) is 13.1. The monoisotopic (exact) mass is 266 g/mol. The lowest BCUT2D eigenvalue weighted by Gasteiger charge is -2.14. The molecule has 2 aromatic rings. The van der Waals surface area contributed by atoms with Crippen LogP contribution in [-0.2, 0) is 0 Å². The molecule has 0 fully saturated rings. The van der Waals surface area contributed by atoms with Crippen LogP contribution in [0.3, 0.4) is 0 Å². The molecule has 0 aromatic heterocycles. The quantitative estimate of drug-likeness (QED) is 0.896. The summed E-state index contributed by atoms with van der Waals surface area (Å²) in [5.74, 6) is 0.435. The molecule has 2 aromatic carbocycles. The summed E-state index contributed by atoms with van der Waals surface area (Å²) in [6.07, 6.45) is -0.821. The van der Waals surface area contributed by atoms with E-state index in [0.717, 1.165) is 0 Å². The highest BCUT2D eigenvalue weighted by Gasteiger charge is 2.12. The third kappa shape index (κ3) is 2.81. The molecule has 94 valence electrons. The Hall–Kier alpha value is -1.58. The summed E-state index contributed by atoms with van der Waals surface area (Å²) in [5, 5.41) is 10.1. The summed E-state index contributed by atoms with van der Waals surface area (Å²) in [4.78, 5) is 0. The maximum absolute atomic E-state index is 13.1. The van der Waals surface area contributed by atoms with Gasteiger partial charge >= 0.3 is 0 Å². The van der Waals surface area contributed by atoms with Crippen molar-refractivity contribution in [1.29, 1.82) is 0 Å². The van der Waals surface area contributed by atoms with E-state index >= 15 is 0 Å². The number of para-hydroxylation sites is 1. The molecule has 4 heteroatoms. The summed E-state index contributed by atoms with van der Waals surface area (Å²) in [7, 11) is 0. The third-order valence-corrected chi connectivity index (χ3v) is 2.79. The van der Waals surface area contributed by atoms with Crippen molar-refractivity contribution in [1.82, 2.24) is 0 Å². The molecule has 0 radical (unpaired) electrons. The fraction of sp³-hybridized carbons (Fsp3) is 0.143. The summed E-state index contributed by atoms with van der Waals surface area (Å²) in [6, 6.07) is 11.0. The standard InChI is InChI=1S/C14H12ClFO2/c1-9(17)11-8-10(16)6-7-13(11)18-14-5-3-2-4-12(14)15/h2-9,17H,1H3. The van der Waals surface area contributed by atoms with Gasteiger partial charge < -0.3 is 9.84 Å². The van der Waals surface area contributed by atoms with Crippen molar-refractivity contribution in [2.75, 3.05) is 0 Å². The summed E-state index contributed by atoms with van der Waals surface area (Å²) in [5.41, 5.74) is 0.384. The van der Waals surface area contributed by atoms with E-state index in [4.69, 9.17) is 16.3 Å². The first-order valence-corrected chi connectivity index (χ1v) is 5.85. The fourth-order valence-electron chi connectivity index (χ4n) is 1.58.